The van der Waals surface area contributed by atoms with Gasteiger partial charge in [0.2, 0.25) is 0 Å². The molecule has 1 heterocycles. The highest BCUT2D eigenvalue weighted by atomic mass is 19.1. The standard InChI is InChI=1S/C14H20FN3O/c1-14(17-2)5-7-18(8-6-14)12-4-3-10(15)9-11(12)13(16)19/h3-4,9,17H,5-8H2,1-2H3,(H2,16,19). The van der Waals surface area contributed by atoms with Gasteiger partial charge in [0, 0.05) is 24.3 Å². The van der Waals surface area contributed by atoms with Crippen LogP contribution in [0.1, 0.15) is 30.1 Å². The maximum absolute atomic E-state index is 13.2. The van der Waals surface area contributed by atoms with Crippen LogP contribution in [0.25, 0.3) is 0 Å². The molecule has 5 heteroatoms. The maximum atomic E-state index is 13.2. The quantitative estimate of drug-likeness (QED) is 0.871. The molecule has 1 aliphatic heterocycles. The van der Waals surface area contributed by atoms with Crippen molar-refractivity contribution in [1.29, 1.82) is 0 Å². The zero-order valence-corrected chi connectivity index (χ0v) is 11.4. The number of anilines is 1. The van der Waals surface area contributed by atoms with E-state index in [1.165, 1.54) is 12.1 Å². The lowest BCUT2D eigenvalue weighted by molar-refractivity contribution is 0.1000. The minimum atomic E-state index is -0.587. The summed E-state index contributed by atoms with van der Waals surface area (Å²) in [6.45, 7) is 3.83. The van der Waals surface area contributed by atoms with E-state index in [4.69, 9.17) is 5.73 Å². The lowest BCUT2D eigenvalue weighted by Gasteiger charge is -2.40. The third-order valence-electron chi connectivity index (χ3n) is 4.04. The van der Waals surface area contributed by atoms with Crippen LogP contribution in [0.2, 0.25) is 0 Å². The van der Waals surface area contributed by atoms with Crippen molar-refractivity contribution in [1.82, 2.24) is 5.32 Å². The maximum Gasteiger partial charge on any atom is 0.250 e. The van der Waals surface area contributed by atoms with E-state index in [1.807, 2.05) is 7.05 Å². The second-order valence-electron chi connectivity index (χ2n) is 5.32. The number of primary amides is 1. The van der Waals surface area contributed by atoms with Crippen molar-refractivity contribution >= 4 is 11.6 Å². The normalized spacial score (nSPS) is 18.4. The van der Waals surface area contributed by atoms with Gasteiger partial charge >= 0.3 is 0 Å². The summed E-state index contributed by atoms with van der Waals surface area (Å²) in [4.78, 5) is 13.5. The molecule has 0 atom stereocenters. The Kier molecular flexibility index (Phi) is 3.75. The fourth-order valence-electron chi connectivity index (χ4n) is 2.47. The van der Waals surface area contributed by atoms with Crippen molar-refractivity contribution in [3.63, 3.8) is 0 Å². The Morgan fingerprint density at radius 1 is 1.42 bits per heavy atom. The van der Waals surface area contributed by atoms with Crippen LogP contribution >= 0.6 is 0 Å². The molecule has 0 saturated carbocycles. The number of rotatable bonds is 3. The summed E-state index contributed by atoms with van der Waals surface area (Å²) in [7, 11) is 1.96. The van der Waals surface area contributed by atoms with Crippen molar-refractivity contribution in [2.24, 2.45) is 5.73 Å². The summed E-state index contributed by atoms with van der Waals surface area (Å²) >= 11 is 0. The SMILES string of the molecule is CNC1(C)CCN(c2ccc(F)cc2C(N)=O)CC1. The highest BCUT2D eigenvalue weighted by Crippen LogP contribution is 2.28. The number of halogens is 1. The highest BCUT2D eigenvalue weighted by molar-refractivity contribution is 5.98. The molecular formula is C14H20FN3O. The van der Waals surface area contributed by atoms with Crippen molar-refractivity contribution < 1.29 is 9.18 Å². The van der Waals surface area contributed by atoms with E-state index < -0.39 is 11.7 Å². The fourth-order valence-corrected chi connectivity index (χ4v) is 2.47. The Morgan fingerprint density at radius 2 is 2.05 bits per heavy atom. The highest BCUT2D eigenvalue weighted by Gasteiger charge is 2.29. The molecule has 0 aliphatic carbocycles. The summed E-state index contributed by atoms with van der Waals surface area (Å²) in [5.74, 6) is -1.02. The molecule has 1 aromatic rings. The minimum absolute atomic E-state index is 0.128. The van der Waals surface area contributed by atoms with E-state index in [0.717, 1.165) is 31.6 Å². The average molecular weight is 265 g/mol. The van der Waals surface area contributed by atoms with Crippen LogP contribution in [0.5, 0.6) is 0 Å². The van der Waals surface area contributed by atoms with Crippen LogP contribution in [0, 0.1) is 5.82 Å². The molecular weight excluding hydrogens is 245 g/mol. The van der Waals surface area contributed by atoms with Crippen molar-refractivity contribution in [3.05, 3.63) is 29.6 Å². The Hall–Kier alpha value is -1.62. The minimum Gasteiger partial charge on any atom is -0.371 e. The van der Waals surface area contributed by atoms with Crippen LogP contribution < -0.4 is 16.0 Å². The third-order valence-corrected chi connectivity index (χ3v) is 4.04. The molecule has 0 spiro atoms. The Balaban J connectivity index is 2.22. The van der Waals surface area contributed by atoms with Gasteiger partial charge in [-0.15, -0.1) is 0 Å². The first-order chi connectivity index (χ1) is 8.95. The number of nitrogens with one attached hydrogen (secondary N) is 1. The predicted molar refractivity (Wildman–Crippen MR) is 73.8 cm³/mol. The first-order valence-corrected chi connectivity index (χ1v) is 6.48. The third kappa shape index (κ3) is 2.87. The molecule has 19 heavy (non-hydrogen) atoms. The number of amides is 1. The number of nitrogens with zero attached hydrogens (tertiary/aromatic N) is 1. The molecule has 4 nitrogen and oxygen atoms in total. The monoisotopic (exact) mass is 265 g/mol. The fraction of sp³-hybridized carbons (Fsp3) is 0.500. The topological polar surface area (TPSA) is 58.4 Å². The first kappa shape index (κ1) is 13.8. The number of carbonyl (C=O) groups is 1. The summed E-state index contributed by atoms with van der Waals surface area (Å²) in [5, 5.41) is 3.32. The van der Waals surface area contributed by atoms with Crippen molar-refractivity contribution in [2.75, 3.05) is 25.0 Å². The van der Waals surface area contributed by atoms with Crippen LogP contribution in [0.3, 0.4) is 0 Å². The molecule has 0 unspecified atom stereocenters. The Labute approximate surface area is 112 Å². The number of hydrogen-bond donors (Lipinski definition) is 2. The number of benzene rings is 1. The predicted octanol–water partition coefficient (Wildman–Crippen LogP) is 1.50. The largest absolute Gasteiger partial charge is 0.371 e. The number of hydrogen-bond acceptors (Lipinski definition) is 3. The zero-order valence-electron chi connectivity index (χ0n) is 11.4. The van der Waals surface area contributed by atoms with Gasteiger partial charge in [0.1, 0.15) is 5.82 Å². The summed E-state index contributed by atoms with van der Waals surface area (Å²) in [6, 6.07) is 4.22. The second kappa shape index (κ2) is 5.17. The van der Waals surface area contributed by atoms with Gasteiger partial charge in [0.25, 0.3) is 5.91 Å². The van der Waals surface area contributed by atoms with E-state index in [-0.39, 0.29) is 11.1 Å². The summed E-state index contributed by atoms with van der Waals surface area (Å²) in [5.41, 5.74) is 6.44. The van der Waals surface area contributed by atoms with Gasteiger partial charge in [0.15, 0.2) is 0 Å². The molecule has 0 aromatic heterocycles. The van der Waals surface area contributed by atoms with Gasteiger partial charge in [-0.2, -0.15) is 0 Å². The van der Waals surface area contributed by atoms with Crippen LogP contribution in [-0.4, -0.2) is 31.6 Å². The van der Waals surface area contributed by atoms with Gasteiger partial charge in [-0.3, -0.25) is 4.79 Å². The molecule has 2 rings (SSSR count). The van der Waals surface area contributed by atoms with Gasteiger partial charge in [-0.05, 0) is 45.0 Å². The van der Waals surface area contributed by atoms with E-state index in [9.17, 15) is 9.18 Å². The molecule has 0 bridgehead atoms. The van der Waals surface area contributed by atoms with Crippen LogP contribution in [0.4, 0.5) is 10.1 Å². The molecule has 1 amide bonds. The molecule has 1 aliphatic rings. The Bertz CT molecular complexity index is 482. The van der Waals surface area contributed by atoms with Crippen LogP contribution in [0.15, 0.2) is 18.2 Å². The van der Waals surface area contributed by atoms with E-state index in [2.05, 4.69) is 17.1 Å². The van der Waals surface area contributed by atoms with Crippen molar-refractivity contribution in [2.45, 2.75) is 25.3 Å². The van der Waals surface area contributed by atoms with Gasteiger partial charge < -0.3 is 16.0 Å². The van der Waals surface area contributed by atoms with Gasteiger partial charge in [0.05, 0.1) is 5.56 Å². The lowest BCUT2D eigenvalue weighted by Crippen LogP contribution is -2.50. The molecule has 1 saturated heterocycles. The molecule has 104 valence electrons. The molecule has 1 aromatic carbocycles. The van der Waals surface area contributed by atoms with Crippen molar-refractivity contribution in [3.8, 4) is 0 Å². The van der Waals surface area contributed by atoms with Crippen LogP contribution in [-0.2, 0) is 0 Å². The van der Waals surface area contributed by atoms with Gasteiger partial charge in [-0.1, -0.05) is 0 Å². The zero-order chi connectivity index (χ0) is 14.0. The lowest BCUT2D eigenvalue weighted by atomic mass is 9.89. The second-order valence-corrected chi connectivity index (χ2v) is 5.32. The molecule has 0 radical (unpaired) electrons. The average Bonchev–Trinajstić information content (AvgIpc) is 2.40. The van der Waals surface area contributed by atoms with E-state index >= 15 is 0 Å². The summed E-state index contributed by atoms with van der Waals surface area (Å²) < 4.78 is 13.2. The van der Waals surface area contributed by atoms with Gasteiger partial charge in [-0.25, -0.2) is 4.39 Å². The number of nitrogens with two attached hydrogens (primary N) is 1. The molecule has 3 N–H and O–H groups in total. The van der Waals surface area contributed by atoms with E-state index in [0.29, 0.717) is 0 Å². The van der Waals surface area contributed by atoms with E-state index in [1.54, 1.807) is 6.07 Å². The Morgan fingerprint density at radius 3 is 2.58 bits per heavy atom. The smallest absolute Gasteiger partial charge is 0.250 e. The summed E-state index contributed by atoms with van der Waals surface area (Å²) in [6.07, 6.45) is 1.94. The number of piperidine rings is 1. The first-order valence-electron chi connectivity index (χ1n) is 6.48. The number of carbonyl (C=O) groups excluding carboxylic acids is 1. The molecule has 1 fully saturated rings.